The highest BCUT2D eigenvalue weighted by atomic mass is 35.5. The Morgan fingerprint density at radius 3 is 2.73 bits per heavy atom. The van der Waals surface area contributed by atoms with Crippen molar-refractivity contribution in [2.24, 2.45) is 5.92 Å². The number of nitrogens with one attached hydrogen (secondary N) is 2. The van der Waals surface area contributed by atoms with Crippen molar-refractivity contribution in [2.45, 2.75) is 6.10 Å². The smallest absolute Gasteiger partial charge is 0.251 e. The molecule has 6 nitrogen and oxygen atoms in total. The van der Waals surface area contributed by atoms with Gasteiger partial charge < -0.3 is 15.7 Å². The molecule has 1 amide bonds. The van der Waals surface area contributed by atoms with Crippen LogP contribution in [0.25, 0.3) is 5.69 Å². The van der Waals surface area contributed by atoms with Crippen LogP contribution >= 0.6 is 12.4 Å². The summed E-state index contributed by atoms with van der Waals surface area (Å²) in [6.45, 7) is 1.81. The Morgan fingerprint density at radius 2 is 2.14 bits per heavy atom. The maximum atomic E-state index is 12.1. The summed E-state index contributed by atoms with van der Waals surface area (Å²) in [5.41, 5.74) is 1.51. The number of aliphatic hydroxyl groups excluding tert-OH is 1. The van der Waals surface area contributed by atoms with Gasteiger partial charge in [0.1, 0.15) is 0 Å². The Bertz CT molecular complexity index is 601. The highest BCUT2D eigenvalue weighted by Gasteiger charge is 2.25. The van der Waals surface area contributed by atoms with Gasteiger partial charge in [0, 0.05) is 43.5 Å². The van der Waals surface area contributed by atoms with Gasteiger partial charge in [-0.25, -0.2) is 4.68 Å². The lowest BCUT2D eigenvalue weighted by Gasteiger charge is -2.14. The van der Waals surface area contributed by atoms with Gasteiger partial charge in [0.2, 0.25) is 0 Å². The molecule has 0 bridgehead atoms. The zero-order valence-electron chi connectivity index (χ0n) is 12.0. The predicted octanol–water partition coefficient (Wildman–Crippen LogP) is 0.604. The SMILES string of the molecule is Cl.O=C(NCC1CNCC1O)c1ccc(-n2cccn2)cc1. The first-order valence-electron chi connectivity index (χ1n) is 7.01. The van der Waals surface area contributed by atoms with Crippen LogP contribution in [-0.2, 0) is 0 Å². The number of carbonyl (C=O) groups is 1. The Kier molecular flexibility index (Phi) is 5.54. The largest absolute Gasteiger partial charge is 0.391 e. The maximum absolute atomic E-state index is 12.1. The van der Waals surface area contributed by atoms with E-state index in [0.29, 0.717) is 18.7 Å². The second-order valence-electron chi connectivity index (χ2n) is 5.19. The standard InChI is InChI=1S/C15H18N4O2.ClH/c20-14-10-16-8-12(14)9-17-15(21)11-2-4-13(5-3-11)19-7-1-6-18-19;/h1-7,12,14,16,20H,8-10H2,(H,17,21);1H. The van der Waals surface area contributed by atoms with Crippen LogP contribution < -0.4 is 10.6 Å². The molecule has 118 valence electrons. The first kappa shape index (κ1) is 16.5. The third kappa shape index (κ3) is 3.65. The Labute approximate surface area is 134 Å². The first-order valence-corrected chi connectivity index (χ1v) is 7.01. The minimum atomic E-state index is -0.382. The highest BCUT2D eigenvalue weighted by molar-refractivity contribution is 5.94. The summed E-state index contributed by atoms with van der Waals surface area (Å²) >= 11 is 0. The summed E-state index contributed by atoms with van der Waals surface area (Å²) in [5, 5.41) is 19.8. The molecule has 7 heteroatoms. The molecule has 2 atom stereocenters. The van der Waals surface area contributed by atoms with Crippen LogP contribution in [0.1, 0.15) is 10.4 Å². The summed E-state index contributed by atoms with van der Waals surface area (Å²) in [5.74, 6) is -0.0431. The van der Waals surface area contributed by atoms with Crippen molar-refractivity contribution in [3.63, 3.8) is 0 Å². The van der Waals surface area contributed by atoms with Crippen LogP contribution in [0.2, 0.25) is 0 Å². The summed E-state index contributed by atoms with van der Waals surface area (Å²) in [4.78, 5) is 12.1. The predicted molar refractivity (Wildman–Crippen MR) is 85.5 cm³/mol. The molecule has 1 aromatic heterocycles. The van der Waals surface area contributed by atoms with Gasteiger partial charge in [-0.15, -0.1) is 12.4 Å². The number of hydrogen-bond acceptors (Lipinski definition) is 4. The topological polar surface area (TPSA) is 79.2 Å². The van der Waals surface area contributed by atoms with Crippen molar-refractivity contribution in [1.29, 1.82) is 0 Å². The van der Waals surface area contributed by atoms with Gasteiger partial charge in [-0.1, -0.05) is 0 Å². The molecule has 3 rings (SSSR count). The molecule has 3 N–H and O–H groups in total. The quantitative estimate of drug-likeness (QED) is 0.770. The summed E-state index contributed by atoms with van der Waals surface area (Å²) in [6.07, 6.45) is 3.18. The highest BCUT2D eigenvalue weighted by Crippen LogP contribution is 2.10. The molecule has 1 fully saturated rings. The number of carbonyl (C=O) groups excluding carboxylic acids is 1. The number of β-amino-alcohol motifs (C(OH)–C–C–N with tert-alkyl or cyclic N) is 1. The number of hydrogen-bond donors (Lipinski definition) is 3. The fraction of sp³-hybridized carbons (Fsp3) is 0.333. The van der Waals surface area contributed by atoms with Gasteiger partial charge >= 0.3 is 0 Å². The van der Waals surface area contributed by atoms with Crippen LogP contribution in [0.3, 0.4) is 0 Å². The number of aliphatic hydroxyl groups is 1. The van der Waals surface area contributed by atoms with Crippen LogP contribution in [0, 0.1) is 5.92 Å². The number of halogens is 1. The first-order chi connectivity index (χ1) is 10.2. The summed E-state index contributed by atoms with van der Waals surface area (Å²) < 4.78 is 1.74. The lowest BCUT2D eigenvalue weighted by molar-refractivity contribution is 0.0927. The molecule has 0 spiro atoms. The van der Waals surface area contributed by atoms with E-state index in [9.17, 15) is 9.90 Å². The molecule has 22 heavy (non-hydrogen) atoms. The van der Waals surface area contributed by atoms with Crippen molar-refractivity contribution in [2.75, 3.05) is 19.6 Å². The monoisotopic (exact) mass is 322 g/mol. The fourth-order valence-corrected chi connectivity index (χ4v) is 2.44. The van der Waals surface area contributed by atoms with E-state index in [1.54, 1.807) is 23.0 Å². The van der Waals surface area contributed by atoms with Crippen molar-refractivity contribution in [1.82, 2.24) is 20.4 Å². The Balaban J connectivity index is 0.00000176. The van der Waals surface area contributed by atoms with E-state index >= 15 is 0 Å². The normalized spacial score (nSPS) is 20.4. The average molecular weight is 323 g/mol. The molecule has 1 saturated heterocycles. The zero-order valence-corrected chi connectivity index (χ0v) is 12.8. The van der Waals surface area contributed by atoms with Gasteiger partial charge in [-0.2, -0.15) is 5.10 Å². The molecule has 2 aromatic rings. The van der Waals surface area contributed by atoms with E-state index < -0.39 is 0 Å². The lowest BCUT2D eigenvalue weighted by Crippen LogP contribution is -2.34. The third-order valence-corrected chi connectivity index (χ3v) is 3.73. The Hall–Kier alpha value is -1.89. The van der Waals surface area contributed by atoms with E-state index in [-0.39, 0.29) is 30.3 Å². The van der Waals surface area contributed by atoms with E-state index in [1.165, 1.54) is 0 Å². The average Bonchev–Trinajstić information content (AvgIpc) is 3.17. The molecule has 2 unspecified atom stereocenters. The van der Waals surface area contributed by atoms with E-state index in [2.05, 4.69) is 15.7 Å². The molecule has 1 aromatic carbocycles. The van der Waals surface area contributed by atoms with E-state index in [1.807, 2.05) is 24.4 Å². The van der Waals surface area contributed by atoms with Crippen molar-refractivity contribution < 1.29 is 9.90 Å². The minimum Gasteiger partial charge on any atom is -0.391 e. The van der Waals surface area contributed by atoms with Crippen LogP contribution in [-0.4, -0.2) is 46.5 Å². The molecular weight excluding hydrogens is 304 g/mol. The second kappa shape index (κ2) is 7.40. The number of benzene rings is 1. The zero-order chi connectivity index (χ0) is 14.7. The molecule has 0 saturated carbocycles. The summed E-state index contributed by atoms with van der Waals surface area (Å²) in [6, 6.07) is 9.11. The molecular formula is C15H19ClN4O2. The van der Waals surface area contributed by atoms with Crippen LogP contribution in [0.5, 0.6) is 0 Å². The van der Waals surface area contributed by atoms with Crippen molar-refractivity contribution in [3.8, 4) is 5.69 Å². The molecule has 0 radical (unpaired) electrons. The second-order valence-corrected chi connectivity index (χ2v) is 5.19. The number of amides is 1. The van der Waals surface area contributed by atoms with Gasteiger partial charge in [0.25, 0.3) is 5.91 Å². The van der Waals surface area contributed by atoms with Crippen LogP contribution in [0.15, 0.2) is 42.7 Å². The van der Waals surface area contributed by atoms with E-state index in [0.717, 1.165) is 12.2 Å². The van der Waals surface area contributed by atoms with Crippen molar-refractivity contribution >= 4 is 18.3 Å². The van der Waals surface area contributed by atoms with E-state index in [4.69, 9.17) is 0 Å². The lowest BCUT2D eigenvalue weighted by atomic mass is 10.1. The molecule has 0 aliphatic carbocycles. The van der Waals surface area contributed by atoms with Gasteiger partial charge in [-0.05, 0) is 30.3 Å². The van der Waals surface area contributed by atoms with Crippen molar-refractivity contribution in [3.05, 3.63) is 48.3 Å². The number of nitrogens with zero attached hydrogens (tertiary/aromatic N) is 2. The molecule has 1 aliphatic heterocycles. The third-order valence-electron chi connectivity index (χ3n) is 3.73. The fourth-order valence-electron chi connectivity index (χ4n) is 2.44. The Morgan fingerprint density at radius 1 is 1.36 bits per heavy atom. The van der Waals surface area contributed by atoms with Gasteiger partial charge in [-0.3, -0.25) is 4.79 Å². The number of rotatable bonds is 4. The number of aromatic nitrogens is 2. The minimum absolute atomic E-state index is 0. The van der Waals surface area contributed by atoms with Gasteiger partial charge in [0.15, 0.2) is 0 Å². The molecule has 2 heterocycles. The van der Waals surface area contributed by atoms with Gasteiger partial charge in [0.05, 0.1) is 11.8 Å². The van der Waals surface area contributed by atoms with Crippen LogP contribution in [0.4, 0.5) is 0 Å². The maximum Gasteiger partial charge on any atom is 0.251 e. The molecule has 1 aliphatic rings. The summed E-state index contributed by atoms with van der Waals surface area (Å²) in [7, 11) is 0.